The number of methoxy groups -OCH3 is 1. The summed E-state index contributed by atoms with van der Waals surface area (Å²) >= 11 is 1.63. The molecule has 6 heteroatoms. The summed E-state index contributed by atoms with van der Waals surface area (Å²) in [6.07, 6.45) is 2.24. The molecule has 1 aliphatic heterocycles. The molecule has 0 aliphatic carbocycles. The van der Waals surface area contributed by atoms with Crippen molar-refractivity contribution >= 4 is 22.4 Å². The number of amides is 1. The van der Waals surface area contributed by atoms with Gasteiger partial charge < -0.3 is 15.0 Å². The topological polar surface area (TPSA) is 54.5 Å². The maximum Gasteiger partial charge on any atom is 0.227 e. The first-order chi connectivity index (χ1) is 14.2. The van der Waals surface area contributed by atoms with Gasteiger partial charge in [0, 0.05) is 35.6 Å². The predicted octanol–water partition coefficient (Wildman–Crippen LogP) is 4.46. The first-order valence-electron chi connectivity index (χ1n) is 9.90. The number of anilines is 1. The molecule has 150 valence electrons. The molecule has 0 spiro atoms. The zero-order chi connectivity index (χ0) is 20.1. The van der Waals surface area contributed by atoms with Gasteiger partial charge in [-0.1, -0.05) is 48.5 Å². The maximum absolute atomic E-state index is 12.7. The highest BCUT2D eigenvalue weighted by Crippen LogP contribution is 2.27. The number of thiazole rings is 1. The lowest BCUT2D eigenvalue weighted by Gasteiger charge is -2.32. The quantitative estimate of drug-likeness (QED) is 0.655. The molecule has 0 radical (unpaired) electrons. The molecular formula is C23H25N3O2S. The average Bonchev–Trinajstić information content (AvgIpc) is 3.24. The fourth-order valence-electron chi connectivity index (χ4n) is 3.65. The van der Waals surface area contributed by atoms with Gasteiger partial charge in [-0.25, -0.2) is 4.98 Å². The van der Waals surface area contributed by atoms with Gasteiger partial charge in [-0.05, 0) is 18.9 Å². The average molecular weight is 408 g/mol. The first kappa shape index (κ1) is 19.5. The number of para-hydroxylation sites is 1. The van der Waals surface area contributed by atoms with Crippen LogP contribution >= 0.6 is 11.3 Å². The van der Waals surface area contributed by atoms with Gasteiger partial charge >= 0.3 is 0 Å². The van der Waals surface area contributed by atoms with Crippen LogP contribution in [0.25, 0.3) is 11.3 Å². The lowest BCUT2D eigenvalue weighted by atomic mass is 10.0. The summed E-state index contributed by atoms with van der Waals surface area (Å²) in [5.74, 6) is 0.934. The second-order valence-corrected chi connectivity index (χ2v) is 8.05. The number of hydrogen-bond acceptors (Lipinski definition) is 5. The van der Waals surface area contributed by atoms with Gasteiger partial charge in [-0.2, -0.15) is 0 Å². The van der Waals surface area contributed by atoms with E-state index in [9.17, 15) is 4.79 Å². The van der Waals surface area contributed by atoms with Gasteiger partial charge in [0.25, 0.3) is 0 Å². The van der Waals surface area contributed by atoms with Gasteiger partial charge in [0.1, 0.15) is 5.75 Å². The minimum absolute atomic E-state index is 0.161. The zero-order valence-corrected chi connectivity index (χ0v) is 17.3. The van der Waals surface area contributed by atoms with Crippen LogP contribution in [0.2, 0.25) is 0 Å². The van der Waals surface area contributed by atoms with E-state index in [0.717, 1.165) is 53.6 Å². The summed E-state index contributed by atoms with van der Waals surface area (Å²) in [6, 6.07) is 18.3. The highest BCUT2D eigenvalue weighted by atomic mass is 32.1. The van der Waals surface area contributed by atoms with Crippen molar-refractivity contribution in [2.75, 3.05) is 25.5 Å². The van der Waals surface area contributed by atoms with Gasteiger partial charge in [-0.3, -0.25) is 4.79 Å². The number of ether oxygens (including phenoxy) is 1. The largest absolute Gasteiger partial charge is 0.496 e. The third-order valence-electron chi connectivity index (χ3n) is 5.28. The zero-order valence-electron chi connectivity index (χ0n) is 16.5. The molecular weight excluding hydrogens is 382 g/mol. The van der Waals surface area contributed by atoms with E-state index in [2.05, 4.69) is 22.8 Å². The summed E-state index contributed by atoms with van der Waals surface area (Å²) in [5, 5.41) is 6.58. The van der Waals surface area contributed by atoms with E-state index in [-0.39, 0.29) is 5.91 Å². The summed E-state index contributed by atoms with van der Waals surface area (Å²) in [5.41, 5.74) is 3.08. The second-order valence-electron chi connectivity index (χ2n) is 7.19. The van der Waals surface area contributed by atoms with Crippen LogP contribution in [0.3, 0.4) is 0 Å². The third kappa shape index (κ3) is 4.77. The second kappa shape index (κ2) is 9.09. The van der Waals surface area contributed by atoms with Crippen molar-refractivity contribution in [3.63, 3.8) is 0 Å². The Kier molecular flexibility index (Phi) is 6.10. The molecule has 0 atom stereocenters. The molecule has 5 nitrogen and oxygen atoms in total. The van der Waals surface area contributed by atoms with Crippen LogP contribution in [0.5, 0.6) is 5.75 Å². The highest BCUT2D eigenvalue weighted by molar-refractivity contribution is 7.14. The Hall–Kier alpha value is -2.86. The van der Waals surface area contributed by atoms with Gasteiger partial charge in [-0.15, -0.1) is 11.3 Å². The van der Waals surface area contributed by atoms with Crippen molar-refractivity contribution < 1.29 is 9.53 Å². The number of nitrogens with zero attached hydrogens (tertiary/aromatic N) is 2. The van der Waals surface area contributed by atoms with E-state index in [4.69, 9.17) is 9.72 Å². The van der Waals surface area contributed by atoms with E-state index in [1.165, 1.54) is 0 Å². The summed E-state index contributed by atoms with van der Waals surface area (Å²) < 4.78 is 5.36. The minimum atomic E-state index is 0.161. The standard InChI is InChI=1S/C23H25N3O2S/c1-28-21-10-6-5-9-18(21)15-22(27)26-13-11-19(12-14-26)24-23-25-20(16-29-23)17-7-3-2-4-8-17/h2-10,16,19H,11-15H2,1H3,(H,24,25). The summed E-state index contributed by atoms with van der Waals surface area (Å²) in [7, 11) is 1.64. The lowest BCUT2D eigenvalue weighted by Crippen LogP contribution is -2.43. The van der Waals surface area contributed by atoms with Crippen molar-refractivity contribution in [1.82, 2.24) is 9.88 Å². The smallest absolute Gasteiger partial charge is 0.227 e. The van der Waals surface area contributed by atoms with Crippen LogP contribution in [-0.4, -0.2) is 42.0 Å². The van der Waals surface area contributed by atoms with E-state index < -0.39 is 0 Å². The van der Waals surface area contributed by atoms with E-state index in [0.29, 0.717) is 12.5 Å². The molecule has 1 N–H and O–H groups in total. The number of piperidine rings is 1. The SMILES string of the molecule is COc1ccccc1CC(=O)N1CCC(Nc2nc(-c3ccccc3)cs2)CC1. The van der Waals surface area contributed by atoms with Crippen LogP contribution in [-0.2, 0) is 11.2 Å². The van der Waals surface area contributed by atoms with Gasteiger partial charge in [0.05, 0.1) is 19.2 Å². The maximum atomic E-state index is 12.7. The molecule has 1 aliphatic rings. The van der Waals surface area contributed by atoms with Crippen molar-refractivity contribution in [2.45, 2.75) is 25.3 Å². The number of hydrogen-bond donors (Lipinski definition) is 1. The number of nitrogens with one attached hydrogen (secondary N) is 1. The number of aromatic nitrogens is 1. The number of rotatable bonds is 6. The molecule has 0 bridgehead atoms. The fraction of sp³-hybridized carbons (Fsp3) is 0.304. The number of carbonyl (C=O) groups is 1. The first-order valence-corrected chi connectivity index (χ1v) is 10.8. The molecule has 0 unspecified atom stereocenters. The molecule has 1 amide bonds. The predicted molar refractivity (Wildman–Crippen MR) is 117 cm³/mol. The minimum Gasteiger partial charge on any atom is -0.496 e. The molecule has 1 aromatic heterocycles. The normalized spacial score (nSPS) is 14.6. The molecule has 2 heterocycles. The van der Waals surface area contributed by atoms with E-state index >= 15 is 0 Å². The Morgan fingerprint density at radius 3 is 2.62 bits per heavy atom. The Morgan fingerprint density at radius 1 is 1.14 bits per heavy atom. The van der Waals surface area contributed by atoms with Crippen LogP contribution in [0.4, 0.5) is 5.13 Å². The number of benzene rings is 2. The fourth-order valence-corrected chi connectivity index (χ4v) is 4.45. The number of carbonyl (C=O) groups excluding carboxylic acids is 1. The molecule has 1 fully saturated rings. The van der Waals surface area contributed by atoms with Crippen molar-refractivity contribution in [2.24, 2.45) is 0 Å². The molecule has 2 aromatic carbocycles. The Labute approximate surface area is 175 Å². The summed E-state index contributed by atoms with van der Waals surface area (Å²) in [6.45, 7) is 1.53. The van der Waals surface area contributed by atoms with Crippen molar-refractivity contribution in [1.29, 1.82) is 0 Å². The van der Waals surface area contributed by atoms with Crippen LogP contribution in [0.15, 0.2) is 60.0 Å². The molecule has 3 aromatic rings. The monoisotopic (exact) mass is 407 g/mol. The van der Waals surface area contributed by atoms with Gasteiger partial charge in [0.2, 0.25) is 5.91 Å². The molecule has 0 saturated carbocycles. The molecule has 1 saturated heterocycles. The van der Waals surface area contributed by atoms with E-state index in [1.54, 1.807) is 18.4 Å². The van der Waals surface area contributed by atoms with Crippen molar-refractivity contribution in [3.05, 3.63) is 65.5 Å². The Morgan fingerprint density at radius 2 is 1.86 bits per heavy atom. The third-order valence-corrected chi connectivity index (χ3v) is 6.06. The van der Waals surface area contributed by atoms with Crippen LogP contribution < -0.4 is 10.1 Å². The van der Waals surface area contributed by atoms with Crippen molar-refractivity contribution in [3.8, 4) is 17.0 Å². The van der Waals surface area contributed by atoms with Crippen LogP contribution in [0, 0.1) is 0 Å². The van der Waals surface area contributed by atoms with Gasteiger partial charge in [0.15, 0.2) is 5.13 Å². The Bertz CT molecular complexity index is 950. The number of likely N-dealkylation sites (tertiary alicyclic amines) is 1. The van der Waals surface area contributed by atoms with E-state index in [1.807, 2.05) is 47.4 Å². The molecule has 29 heavy (non-hydrogen) atoms. The lowest BCUT2D eigenvalue weighted by molar-refractivity contribution is -0.131. The van der Waals surface area contributed by atoms with Crippen LogP contribution in [0.1, 0.15) is 18.4 Å². The Balaban J connectivity index is 1.29. The highest BCUT2D eigenvalue weighted by Gasteiger charge is 2.24. The molecule has 4 rings (SSSR count). The summed E-state index contributed by atoms with van der Waals surface area (Å²) in [4.78, 5) is 19.4.